The molecule has 1 N–H and O–H groups in total. The van der Waals surface area contributed by atoms with Crippen molar-refractivity contribution in [2.24, 2.45) is 0 Å². The third-order valence-electron chi connectivity index (χ3n) is 3.04. The zero-order valence-electron chi connectivity index (χ0n) is 11.7. The van der Waals surface area contributed by atoms with Crippen molar-refractivity contribution in [2.75, 3.05) is 11.9 Å². The van der Waals surface area contributed by atoms with Crippen LogP contribution in [0.2, 0.25) is 5.02 Å². The molecule has 0 unspecified atom stereocenters. The Bertz CT molecular complexity index is 716. The lowest BCUT2D eigenvalue weighted by Crippen LogP contribution is -2.33. The maximum absolute atomic E-state index is 12.7. The molecule has 0 saturated heterocycles. The number of carbonyl (C=O) groups excluding carboxylic acids is 1. The minimum absolute atomic E-state index is 0.175. The van der Waals surface area contributed by atoms with Gasteiger partial charge in [0, 0.05) is 29.4 Å². The third-order valence-corrected chi connectivity index (χ3v) is 3.98. The highest BCUT2D eigenvalue weighted by Gasteiger charge is 2.32. The molecule has 0 amide bonds. The molecule has 0 aliphatic carbocycles. The molecule has 1 aliphatic heterocycles. The van der Waals surface area contributed by atoms with Gasteiger partial charge in [-0.2, -0.15) is 0 Å². The second kappa shape index (κ2) is 6.48. The molecule has 1 aromatic carbocycles. The molecule has 0 radical (unpaired) electrons. The van der Waals surface area contributed by atoms with Gasteiger partial charge in [-0.25, -0.2) is 4.98 Å². The largest absolute Gasteiger partial charge is 0.460 e. The number of anilines is 1. The van der Waals surface area contributed by atoms with E-state index in [4.69, 9.17) is 21.1 Å². The van der Waals surface area contributed by atoms with E-state index in [1.807, 2.05) is 12.3 Å². The Labute approximate surface area is 136 Å². The quantitative estimate of drug-likeness (QED) is 0.862. The van der Waals surface area contributed by atoms with Crippen molar-refractivity contribution in [3.05, 3.63) is 52.1 Å². The Kier molecular flexibility index (Phi) is 4.42. The summed E-state index contributed by atoms with van der Waals surface area (Å²) in [7, 11) is 0. The number of Topliss-reactive ketones (excluding diaryl/α,β-unsaturated/α-hetero) is 1. The Morgan fingerprint density at radius 1 is 1.55 bits per heavy atom. The van der Waals surface area contributed by atoms with Crippen LogP contribution in [0, 0.1) is 0 Å². The molecular weight excluding hydrogens is 324 g/mol. The van der Waals surface area contributed by atoms with Crippen molar-refractivity contribution >= 4 is 33.9 Å². The number of fused-ring (bicyclic) bond motifs is 1. The van der Waals surface area contributed by atoms with Gasteiger partial charge in [0.2, 0.25) is 12.1 Å². The van der Waals surface area contributed by atoms with Gasteiger partial charge in [-0.1, -0.05) is 11.6 Å². The van der Waals surface area contributed by atoms with Crippen LogP contribution < -0.4 is 10.1 Å². The summed E-state index contributed by atoms with van der Waals surface area (Å²) in [5.41, 5.74) is 0.808. The number of nitrogens with one attached hydrogen (secondary N) is 1. The van der Waals surface area contributed by atoms with E-state index in [0.29, 0.717) is 33.6 Å². The minimum atomic E-state index is -0.751. The summed E-state index contributed by atoms with van der Waals surface area (Å²) in [6.07, 6.45) is 2.50. The summed E-state index contributed by atoms with van der Waals surface area (Å²) >= 11 is 7.40. The monoisotopic (exact) mass is 336 g/mol. The van der Waals surface area contributed by atoms with Crippen molar-refractivity contribution in [1.29, 1.82) is 0 Å². The van der Waals surface area contributed by atoms with Crippen molar-refractivity contribution in [3.63, 3.8) is 0 Å². The molecule has 7 heteroatoms. The number of rotatable bonds is 4. The highest BCUT2D eigenvalue weighted by atomic mass is 35.5. The number of thiazole rings is 1. The fourth-order valence-corrected chi connectivity index (χ4v) is 2.74. The van der Waals surface area contributed by atoms with Crippen LogP contribution in [0.1, 0.15) is 17.3 Å². The highest BCUT2D eigenvalue weighted by molar-refractivity contribution is 7.13. The van der Waals surface area contributed by atoms with Gasteiger partial charge in [-0.05, 0) is 25.1 Å². The van der Waals surface area contributed by atoms with Crippen molar-refractivity contribution in [3.8, 4) is 5.75 Å². The van der Waals surface area contributed by atoms with E-state index < -0.39 is 6.29 Å². The Morgan fingerprint density at radius 2 is 2.41 bits per heavy atom. The lowest BCUT2D eigenvalue weighted by atomic mass is 10.00. The summed E-state index contributed by atoms with van der Waals surface area (Å²) in [5.74, 6) is 0.297. The zero-order valence-corrected chi connectivity index (χ0v) is 13.3. The fourth-order valence-electron chi connectivity index (χ4n) is 2.07. The van der Waals surface area contributed by atoms with Gasteiger partial charge < -0.3 is 14.8 Å². The van der Waals surface area contributed by atoms with Gasteiger partial charge in [0.15, 0.2) is 5.13 Å². The average Bonchev–Trinajstić information content (AvgIpc) is 3.01. The van der Waals surface area contributed by atoms with Gasteiger partial charge in [0.05, 0.1) is 11.1 Å². The second-order valence-electron chi connectivity index (χ2n) is 4.46. The van der Waals surface area contributed by atoms with Crippen molar-refractivity contribution < 1.29 is 14.3 Å². The number of halogens is 1. The van der Waals surface area contributed by atoms with Gasteiger partial charge in [0.1, 0.15) is 5.75 Å². The predicted octanol–water partition coefficient (Wildman–Crippen LogP) is 3.73. The normalized spacial score (nSPS) is 18.9. The third kappa shape index (κ3) is 2.99. The Balaban J connectivity index is 1.95. The fraction of sp³-hybridized carbons (Fsp3) is 0.200. The smallest absolute Gasteiger partial charge is 0.232 e. The molecule has 114 valence electrons. The zero-order chi connectivity index (χ0) is 15.5. The van der Waals surface area contributed by atoms with Crippen LogP contribution in [0.3, 0.4) is 0 Å². The van der Waals surface area contributed by atoms with Crippen molar-refractivity contribution in [2.45, 2.75) is 13.2 Å². The van der Waals surface area contributed by atoms with E-state index in [-0.39, 0.29) is 5.78 Å². The van der Waals surface area contributed by atoms with E-state index in [9.17, 15) is 4.79 Å². The highest BCUT2D eigenvalue weighted by Crippen LogP contribution is 2.33. The predicted molar refractivity (Wildman–Crippen MR) is 85.6 cm³/mol. The Hall–Kier alpha value is -1.89. The molecule has 0 fully saturated rings. The van der Waals surface area contributed by atoms with Crippen LogP contribution in [0.15, 0.2) is 41.5 Å². The molecule has 1 aliphatic rings. The minimum Gasteiger partial charge on any atom is -0.460 e. The van der Waals surface area contributed by atoms with E-state index in [0.717, 1.165) is 0 Å². The second-order valence-corrected chi connectivity index (χ2v) is 5.79. The van der Waals surface area contributed by atoms with Gasteiger partial charge in [-0.3, -0.25) is 4.79 Å². The van der Waals surface area contributed by atoms with Crippen LogP contribution in [-0.2, 0) is 4.74 Å². The first kappa shape index (κ1) is 15.0. The first-order valence-corrected chi connectivity index (χ1v) is 7.93. The molecule has 3 rings (SSSR count). The molecular formula is C15H13ClN2O3S. The first-order chi connectivity index (χ1) is 10.7. The van der Waals surface area contributed by atoms with E-state index in [1.54, 1.807) is 30.6 Å². The number of benzene rings is 1. The molecule has 2 aromatic rings. The van der Waals surface area contributed by atoms with E-state index >= 15 is 0 Å². The van der Waals surface area contributed by atoms with Crippen LogP contribution >= 0.6 is 22.9 Å². The van der Waals surface area contributed by atoms with E-state index in [2.05, 4.69) is 10.3 Å². The van der Waals surface area contributed by atoms with Crippen molar-refractivity contribution in [1.82, 2.24) is 4.98 Å². The number of hydrogen-bond donors (Lipinski definition) is 1. The number of ether oxygens (including phenoxy) is 2. The molecule has 0 saturated carbocycles. The number of nitrogens with zero attached hydrogens (tertiary/aromatic N) is 1. The molecule has 1 atom stereocenters. The molecule has 1 aromatic heterocycles. The van der Waals surface area contributed by atoms with Gasteiger partial charge in [0.25, 0.3) is 0 Å². The summed E-state index contributed by atoms with van der Waals surface area (Å²) in [6, 6.07) is 4.95. The van der Waals surface area contributed by atoms with Crippen LogP contribution in [0.5, 0.6) is 5.75 Å². The molecule has 0 spiro atoms. The lowest BCUT2D eigenvalue weighted by Gasteiger charge is -2.27. The average molecular weight is 337 g/mol. The summed E-state index contributed by atoms with van der Waals surface area (Å²) in [6.45, 7) is 2.27. The van der Waals surface area contributed by atoms with Crippen LogP contribution in [0.25, 0.3) is 0 Å². The number of hydrogen-bond acceptors (Lipinski definition) is 6. The first-order valence-electron chi connectivity index (χ1n) is 6.67. The van der Waals surface area contributed by atoms with E-state index in [1.165, 1.54) is 11.3 Å². The van der Waals surface area contributed by atoms with Gasteiger partial charge in [-0.15, -0.1) is 11.3 Å². The molecule has 2 heterocycles. The maximum atomic E-state index is 12.7. The summed E-state index contributed by atoms with van der Waals surface area (Å²) in [5, 5.41) is 6.00. The molecule has 22 heavy (non-hydrogen) atoms. The van der Waals surface area contributed by atoms with Gasteiger partial charge >= 0.3 is 0 Å². The standard InChI is InChI=1S/C15H13ClN2O3S/c1-2-20-14-11(8-18-15-17-5-6-22-15)13(19)10-7-9(16)3-4-12(10)21-14/h3-8,14H,2H2,1H3,(H,17,18)/b11-8-/t14-/m0/s1. The number of ketones is 1. The Morgan fingerprint density at radius 3 is 3.14 bits per heavy atom. The molecule has 0 bridgehead atoms. The lowest BCUT2D eigenvalue weighted by molar-refractivity contribution is -0.0509. The SMILES string of the molecule is CCO[C@H]1Oc2ccc(Cl)cc2C(=O)/C1=C/Nc1nccs1. The maximum Gasteiger partial charge on any atom is 0.232 e. The number of aromatic nitrogens is 1. The summed E-state index contributed by atoms with van der Waals surface area (Å²) < 4.78 is 11.3. The topological polar surface area (TPSA) is 60.5 Å². The van der Waals surface area contributed by atoms with Crippen LogP contribution in [-0.4, -0.2) is 23.7 Å². The number of carbonyl (C=O) groups is 1. The van der Waals surface area contributed by atoms with Crippen LogP contribution in [0.4, 0.5) is 5.13 Å². The molecule has 5 nitrogen and oxygen atoms in total. The summed E-state index contributed by atoms with van der Waals surface area (Å²) in [4.78, 5) is 16.8.